The molecule has 27 heavy (non-hydrogen) atoms. The summed E-state index contributed by atoms with van der Waals surface area (Å²) in [4.78, 5) is 11.2. The quantitative estimate of drug-likeness (QED) is 0.754. The molecule has 0 radical (unpaired) electrons. The van der Waals surface area contributed by atoms with Crippen molar-refractivity contribution in [2.24, 2.45) is 0 Å². The van der Waals surface area contributed by atoms with E-state index in [1.165, 1.54) is 6.08 Å². The van der Waals surface area contributed by atoms with Gasteiger partial charge in [-0.2, -0.15) is 0 Å². The first kappa shape index (κ1) is 21.3. The highest BCUT2D eigenvalue weighted by atomic mass is 19.4. The van der Waals surface area contributed by atoms with Gasteiger partial charge in [-0.25, -0.2) is 4.79 Å². The molecule has 1 heterocycles. The van der Waals surface area contributed by atoms with E-state index in [0.717, 1.165) is 18.2 Å². The number of carboxylic acids is 1. The van der Waals surface area contributed by atoms with Crippen molar-refractivity contribution in [2.45, 2.75) is 45.3 Å². The first-order valence-corrected chi connectivity index (χ1v) is 8.05. The van der Waals surface area contributed by atoms with Crippen molar-refractivity contribution in [2.75, 3.05) is 6.61 Å². The maximum absolute atomic E-state index is 12.5. The molecule has 148 valence electrons. The summed E-state index contributed by atoms with van der Waals surface area (Å²) in [5.41, 5.74) is -1.44. The largest absolute Gasteiger partial charge is 0.573 e. The number of aliphatic hydroxyl groups is 1. The van der Waals surface area contributed by atoms with Crippen LogP contribution in [0, 0.1) is 0 Å². The zero-order valence-electron chi connectivity index (χ0n) is 15.3. The van der Waals surface area contributed by atoms with Crippen LogP contribution in [0.15, 0.2) is 23.7 Å². The SMILES string of the molecule is CC1(C)OB(C(=Cc2cc(OC(F)(F)F)cc(C(=O)O)c2)CO)OC1(C)C. The van der Waals surface area contributed by atoms with Crippen LogP contribution in [0.2, 0.25) is 0 Å². The second kappa shape index (κ2) is 7.18. The van der Waals surface area contributed by atoms with Crippen LogP contribution in [0.5, 0.6) is 5.75 Å². The van der Waals surface area contributed by atoms with Crippen LogP contribution in [0.1, 0.15) is 43.6 Å². The zero-order valence-corrected chi connectivity index (χ0v) is 15.3. The second-order valence-corrected chi connectivity index (χ2v) is 7.11. The lowest BCUT2D eigenvalue weighted by atomic mass is 9.77. The first-order valence-electron chi connectivity index (χ1n) is 8.05. The van der Waals surface area contributed by atoms with E-state index in [2.05, 4.69) is 4.74 Å². The summed E-state index contributed by atoms with van der Waals surface area (Å²) in [6.07, 6.45) is -3.65. The lowest BCUT2D eigenvalue weighted by Crippen LogP contribution is -2.41. The van der Waals surface area contributed by atoms with Gasteiger partial charge in [-0.05, 0) is 56.9 Å². The summed E-state index contributed by atoms with van der Waals surface area (Å²) in [6.45, 7) is 6.73. The molecule has 0 bridgehead atoms. The molecule has 0 atom stereocenters. The molecule has 0 saturated carbocycles. The minimum absolute atomic E-state index is 0.0907. The highest BCUT2D eigenvalue weighted by Gasteiger charge is 2.52. The van der Waals surface area contributed by atoms with Crippen molar-refractivity contribution < 1.29 is 42.2 Å². The Morgan fingerprint density at radius 3 is 2.19 bits per heavy atom. The van der Waals surface area contributed by atoms with Crippen LogP contribution < -0.4 is 4.74 Å². The number of aromatic carboxylic acids is 1. The average Bonchev–Trinajstić information content (AvgIpc) is 2.70. The van der Waals surface area contributed by atoms with Gasteiger partial charge in [0.05, 0.1) is 23.4 Å². The van der Waals surface area contributed by atoms with Gasteiger partial charge < -0.3 is 24.3 Å². The van der Waals surface area contributed by atoms with Gasteiger partial charge in [0.1, 0.15) is 5.75 Å². The van der Waals surface area contributed by atoms with Crippen LogP contribution in [0.25, 0.3) is 6.08 Å². The molecule has 1 aliphatic rings. The normalized spacial score (nSPS) is 19.3. The number of rotatable bonds is 5. The summed E-state index contributed by atoms with van der Waals surface area (Å²) >= 11 is 0. The fourth-order valence-electron chi connectivity index (χ4n) is 2.42. The molecule has 0 spiro atoms. The van der Waals surface area contributed by atoms with Gasteiger partial charge in [-0.15, -0.1) is 13.2 Å². The van der Waals surface area contributed by atoms with Gasteiger partial charge in [-0.3, -0.25) is 0 Å². The van der Waals surface area contributed by atoms with Gasteiger partial charge in [0, 0.05) is 0 Å². The third-order valence-electron chi connectivity index (χ3n) is 4.50. The van der Waals surface area contributed by atoms with E-state index in [9.17, 15) is 23.1 Å². The fraction of sp³-hybridized carbons (Fsp3) is 0.471. The van der Waals surface area contributed by atoms with Crippen molar-refractivity contribution >= 4 is 19.2 Å². The zero-order chi connectivity index (χ0) is 20.6. The van der Waals surface area contributed by atoms with E-state index in [1.54, 1.807) is 0 Å². The number of benzene rings is 1. The van der Waals surface area contributed by atoms with Crippen LogP contribution in [-0.2, 0) is 9.31 Å². The summed E-state index contributed by atoms with van der Waals surface area (Å²) < 4.78 is 52.9. The van der Waals surface area contributed by atoms with E-state index >= 15 is 0 Å². The maximum Gasteiger partial charge on any atom is 0.573 e. The van der Waals surface area contributed by atoms with E-state index in [-0.39, 0.29) is 11.0 Å². The highest BCUT2D eigenvalue weighted by Crippen LogP contribution is 2.39. The lowest BCUT2D eigenvalue weighted by Gasteiger charge is -2.32. The van der Waals surface area contributed by atoms with Crippen LogP contribution in [-0.4, -0.2) is 47.5 Å². The molecule has 1 saturated heterocycles. The molecule has 0 aliphatic carbocycles. The van der Waals surface area contributed by atoms with Gasteiger partial charge >= 0.3 is 19.5 Å². The third-order valence-corrected chi connectivity index (χ3v) is 4.50. The van der Waals surface area contributed by atoms with Crippen LogP contribution in [0.4, 0.5) is 13.2 Å². The Balaban J connectivity index is 2.41. The van der Waals surface area contributed by atoms with Crippen LogP contribution in [0.3, 0.4) is 0 Å². The Hall–Kier alpha value is -2.04. The molecule has 0 aromatic heterocycles. The standard InChI is InChI=1S/C17H20BF3O6/c1-15(2)16(3,4)27-18(26-15)12(9-22)6-10-5-11(14(23)24)8-13(7-10)25-17(19,20)21/h5-8,22H,9H2,1-4H3,(H,23,24). The molecule has 1 aromatic rings. The molecule has 0 unspecified atom stereocenters. The molecule has 2 rings (SSSR count). The third kappa shape index (κ3) is 5.03. The molecule has 10 heteroatoms. The first-order chi connectivity index (χ1) is 12.2. The van der Waals surface area contributed by atoms with Crippen molar-refractivity contribution in [3.63, 3.8) is 0 Å². The predicted octanol–water partition coefficient (Wildman–Crippen LogP) is 3.29. The fourth-order valence-corrected chi connectivity index (χ4v) is 2.42. The van der Waals surface area contributed by atoms with Gasteiger partial charge in [0.15, 0.2) is 0 Å². The number of hydrogen-bond acceptors (Lipinski definition) is 5. The maximum atomic E-state index is 12.5. The number of carboxylic acid groups (broad SMARTS) is 1. The van der Waals surface area contributed by atoms with E-state index in [1.807, 2.05) is 27.7 Å². The molecule has 2 N–H and O–H groups in total. The number of alkyl halides is 3. The Morgan fingerprint density at radius 1 is 1.19 bits per heavy atom. The Morgan fingerprint density at radius 2 is 1.74 bits per heavy atom. The molecule has 1 aliphatic heterocycles. The van der Waals surface area contributed by atoms with E-state index < -0.39 is 48.6 Å². The number of halogens is 3. The summed E-state index contributed by atoms with van der Waals surface area (Å²) in [5.74, 6) is -2.10. The molecule has 1 fully saturated rings. The van der Waals surface area contributed by atoms with Crippen molar-refractivity contribution in [3.05, 3.63) is 34.8 Å². The molecular weight excluding hydrogens is 368 g/mol. The number of aliphatic hydroxyl groups excluding tert-OH is 1. The minimum Gasteiger partial charge on any atom is -0.478 e. The van der Waals surface area contributed by atoms with E-state index in [4.69, 9.17) is 14.4 Å². The Kier molecular flexibility index (Phi) is 5.65. The Bertz CT molecular complexity index is 742. The summed E-state index contributed by atoms with van der Waals surface area (Å²) in [7, 11) is -0.930. The smallest absolute Gasteiger partial charge is 0.478 e. The van der Waals surface area contributed by atoms with Gasteiger partial charge in [0.2, 0.25) is 0 Å². The lowest BCUT2D eigenvalue weighted by molar-refractivity contribution is -0.274. The highest BCUT2D eigenvalue weighted by molar-refractivity contribution is 6.55. The average molecular weight is 388 g/mol. The van der Waals surface area contributed by atoms with Crippen LogP contribution >= 0.6 is 0 Å². The second-order valence-electron chi connectivity index (χ2n) is 7.11. The molecule has 1 aromatic carbocycles. The predicted molar refractivity (Wildman–Crippen MR) is 91.2 cm³/mol. The van der Waals surface area contributed by atoms with E-state index in [0.29, 0.717) is 0 Å². The summed E-state index contributed by atoms with van der Waals surface area (Å²) in [5, 5.41) is 18.8. The van der Waals surface area contributed by atoms with Gasteiger partial charge in [0.25, 0.3) is 0 Å². The Labute approximate surface area is 154 Å². The number of hydrogen-bond donors (Lipinski definition) is 2. The van der Waals surface area contributed by atoms with Crippen molar-refractivity contribution in [3.8, 4) is 5.75 Å². The number of carbonyl (C=O) groups is 1. The molecule has 6 nitrogen and oxygen atoms in total. The topological polar surface area (TPSA) is 85.2 Å². The summed E-state index contributed by atoms with van der Waals surface area (Å²) in [6, 6.07) is 2.94. The monoisotopic (exact) mass is 388 g/mol. The van der Waals surface area contributed by atoms with Crippen molar-refractivity contribution in [1.29, 1.82) is 0 Å². The van der Waals surface area contributed by atoms with Gasteiger partial charge in [-0.1, -0.05) is 6.08 Å². The van der Waals surface area contributed by atoms with Crippen molar-refractivity contribution in [1.82, 2.24) is 0 Å². The minimum atomic E-state index is -4.97. The molecular formula is C17H20BF3O6. The molecule has 0 amide bonds. The number of ether oxygens (including phenoxy) is 1.